The average molecular weight is 453 g/mol. The molecule has 1 aromatic carbocycles. The number of thiophene rings is 1. The third-order valence-electron chi connectivity index (χ3n) is 3.87. The molecule has 0 unspecified atom stereocenters. The van der Waals surface area contributed by atoms with E-state index >= 15 is 0 Å². The number of amides is 1. The van der Waals surface area contributed by atoms with Crippen molar-refractivity contribution in [1.29, 1.82) is 0 Å². The van der Waals surface area contributed by atoms with Crippen molar-refractivity contribution in [3.05, 3.63) is 74.3 Å². The first kappa shape index (κ1) is 19.0. The molecule has 0 radical (unpaired) electrons. The average Bonchev–Trinajstić information content (AvgIpc) is 3.40. The lowest BCUT2D eigenvalue weighted by Gasteiger charge is -2.04. The highest BCUT2D eigenvalue weighted by atomic mass is 35.5. The topological polar surface area (TPSA) is 75.6 Å². The summed E-state index contributed by atoms with van der Waals surface area (Å²) in [6.45, 7) is 0.428. The molecule has 0 saturated carbocycles. The molecule has 0 spiro atoms. The van der Waals surface area contributed by atoms with Gasteiger partial charge in [-0.25, -0.2) is 0 Å². The first-order valence-corrected chi connectivity index (χ1v) is 10.1. The molecule has 142 valence electrons. The third-order valence-corrected chi connectivity index (χ3v) is 5.79. The van der Waals surface area contributed by atoms with Crippen LogP contribution in [0.2, 0.25) is 15.1 Å². The van der Waals surface area contributed by atoms with E-state index in [1.807, 2.05) is 23.6 Å². The van der Waals surface area contributed by atoms with Gasteiger partial charge in [0, 0.05) is 6.20 Å². The summed E-state index contributed by atoms with van der Waals surface area (Å²) in [5.74, 6) is -0.145. The lowest BCUT2D eigenvalue weighted by molar-refractivity contribution is 0.102. The molecular weight excluding hydrogens is 441 g/mol. The summed E-state index contributed by atoms with van der Waals surface area (Å²) < 4.78 is 1.61. The predicted octanol–water partition coefficient (Wildman–Crippen LogP) is 5.60. The number of aromatic nitrogens is 4. The number of carbonyl (C=O) groups is 1. The minimum absolute atomic E-state index is 0.249. The van der Waals surface area contributed by atoms with E-state index in [0.717, 1.165) is 16.1 Å². The van der Waals surface area contributed by atoms with Gasteiger partial charge in [0.2, 0.25) is 0 Å². The van der Waals surface area contributed by atoms with Crippen LogP contribution in [0, 0.1) is 0 Å². The molecule has 3 heterocycles. The number of nitrogens with one attached hydrogen (secondary N) is 2. The van der Waals surface area contributed by atoms with Gasteiger partial charge in [-0.2, -0.15) is 10.2 Å². The van der Waals surface area contributed by atoms with Gasteiger partial charge >= 0.3 is 0 Å². The van der Waals surface area contributed by atoms with Crippen LogP contribution in [0.15, 0.2) is 48.0 Å². The number of nitrogens with zero attached hydrogens (tertiary/aromatic N) is 3. The summed E-state index contributed by atoms with van der Waals surface area (Å²) in [5.41, 5.74) is 1.93. The number of H-pyrrole nitrogens is 1. The molecule has 0 saturated heterocycles. The standard InChI is InChI=1S/C18H12Cl3N5OS/c19-11-4-3-10(6-12(11)20)8-26-9-13(21)17(25-26)22-18(27)15-7-14(23-24-15)16-2-1-5-28-16/h1-7,9H,8H2,(H,23,24)(H,22,25,27). The molecule has 0 aliphatic rings. The fourth-order valence-corrected chi connectivity index (χ4v) is 3.77. The van der Waals surface area contributed by atoms with Gasteiger partial charge in [-0.3, -0.25) is 14.6 Å². The molecule has 0 fully saturated rings. The van der Waals surface area contributed by atoms with E-state index in [1.54, 1.807) is 40.4 Å². The molecule has 0 aliphatic carbocycles. The van der Waals surface area contributed by atoms with Gasteiger partial charge in [0.25, 0.3) is 5.91 Å². The highest BCUT2D eigenvalue weighted by Crippen LogP contribution is 2.26. The summed E-state index contributed by atoms with van der Waals surface area (Å²) in [6, 6.07) is 10.9. The van der Waals surface area contributed by atoms with Gasteiger partial charge in [0.05, 0.1) is 27.2 Å². The van der Waals surface area contributed by atoms with E-state index in [4.69, 9.17) is 34.8 Å². The molecular formula is C18H12Cl3N5OS. The Labute approximate surface area is 179 Å². The maximum atomic E-state index is 12.5. The van der Waals surface area contributed by atoms with Crippen LogP contribution in [0.3, 0.4) is 0 Å². The van der Waals surface area contributed by atoms with Crippen molar-refractivity contribution in [2.24, 2.45) is 0 Å². The predicted molar refractivity (Wildman–Crippen MR) is 113 cm³/mol. The maximum absolute atomic E-state index is 12.5. The van der Waals surface area contributed by atoms with Crippen molar-refractivity contribution in [3.63, 3.8) is 0 Å². The van der Waals surface area contributed by atoms with Crippen molar-refractivity contribution < 1.29 is 4.79 Å². The molecule has 28 heavy (non-hydrogen) atoms. The van der Waals surface area contributed by atoms with Crippen LogP contribution < -0.4 is 5.32 Å². The number of hydrogen-bond donors (Lipinski definition) is 2. The van der Waals surface area contributed by atoms with E-state index in [1.165, 1.54) is 0 Å². The molecule has 2 N–H and O–H groups in total. The summed E-state index contributed by atoms with van der Waals surface area (Å²) in [6.07, 6.45) is 1.63. The van der Waals surface area contributed by atoms with E-state index in [2.05, 4.69) is 20.6 Å². The van der Waals surface area contributed by atoms with Crippen LogP contribution in [-0.2, 0) is 6.54 Å². The lowest BCUT2D eigenvalue weighted by atomic mass is 10.2. The van der Waals surface area contributed by atoms with E-state index in [0.29, 0.717) is 21.6 Å². The molecule has 4 aromatic rings. The quantitative estimate of drug-likeness (QED) is 0.414. The second-order valence-corrected chi connectivity index (χ2v) is 8.04. The summed E-state index contributed by atoms with van der Waals surface area (Å²) in [7, 11) is 0. The molecule has 3 aromatic heterocycles. The smallest absolute Gasteiger partial charge is 0.277 e. The van der Waals surface area contributed by atoms with Gasteiger partial charge in [0.1, 0.15) is 5.02 Å². The fraction of sp³-hybridized carbons (Fsp3) is 0.0556. The Morgan fingerprint density at radius 1 is 1.14 bits per heavy atom. The minimum Gasteiger partial charge on any atom is -0.302 e. The number of hydrogen-bond acceptors (Lipinski definition) is 4. The second-order valence-electron chi connectivity index (χ2n) is 5.87. The largest absolute Gasteiger partial charge is 0.302 e. The Morgan fingerprint density at radius 3 is 2.75 bits per heavy atom. The first-order chi connectivity index (χ1) is 13.5. The lowest BCUT2D eigenvalue weighted by Crippen LogP contribution is -2.13. The van der Waals surface area contributed by atoms with Crippen molar-refractivity contribution in [1.82, 2.24) is 20.0 Å². The molecule has 10 heteroatoms. The third kappa shape index (κ3) is 4.07. The number of halogens is 3. The van der Waals surface area contributed by atoms with E-state index in [-0.39, 0.29) is 11.5 Å². The summed E-state index contributed by atoms with van der Waals surface area (Å²) in [5, 5.41) is 17.1. The van der Waals surface area contributed by atoms with E-state index < -0.39 is 5.91 Å². The molecule has 6 nitrogen and oxygen atoms in total. The zero-order valence-corrected chi connectivity index (χ0v) is 17.2. The van der Waals surface area contributed by atoms with Gasteiger partial charge < -0.3 is 5.32 Å². The van der Waals surface area contributed by atoms with Crippen LogP contribution in [0.4, 0.5) is 5.82 Å². The van der Waals surface area contributed by atoms with Gasteiger partial charge in [-0.05, 0) is 35.2 Å². The fourth-order valence-electron chi connectivity index (χ4n) is 2.56. The van der Waals surface area contributed by atoms with Gasteiger partial charge in [-0.15, -0.1) is 11.3 Å². The van der Waals surface area contributed by atoms with Crippen molar-refractivity contribution in [3.8, 4) is 10.6 Å². The Hall–Kier alpha value is -2.32. The number of aromatic amines is 1. The van der Waals surface area contributed by atoms with Crippen LogP contribution >= 0.6 is 46.1 Å². The molecule has 0 aliphatic heterocycles. The zero-order chi connectivity index (χ0) is 19.7. The van der Waals surface area contributed by atoms with Crippen molar-refractivity contribution in [2.45, 2.75) is 6.54 Å². The SMILES string of the molecule is O=C(Nc1nn(Cc2ccc(Cl)c(Cl)c2)cc1Cl)c1cc(-c2cccs2)[nH]n1. The van der Waals surface area contributed by atoms with E-state index in [9.17, 15) is 4.79 Å². The maximum Gasteiger partial charge on any atom is 0.277 e. The normalized spacial score (nSPS) is 11.0. The van der Waals surface area contributed by atoms with Crippen LogP contribution in [0.25, 0.3) is 10.6 Å². The Morgan fingerprint density at radius 2 is 2.00 bits per heavy atom. The molecule has 0 atom stereocenters. The number of rotatable bonds is 5. The van der Waals surface area contributed by atoms with Crippen LogP contribution in [-0.4, -0.2) is 25.9 Å². The van der Waals surface area contributed by atoms with Gasteiger partial charge in [0.15, 0.2) is 11.5 Å². The minimum atomic E-state index is -0.402. The molecule has 4 rings (SSSR count). The second kappa shape index (κ2) is 7.97. The number of carbonyl (C=O) groups excluding carboxylic acids is 1. The Bertz CT molecular complexity index is 1140. The monoisotopic (exact) mass is 451 g/mol. The number of anilines is 1. The zero-order valence-electron chi connectivity index (χ0n) is 14.1. The summed E-state index contributed by atoms with van der Waals surface area (Å²) >= 11 is 19.7. The van der Waals surface area contributed by atoms with Crippen molar-refractivity contribution in [2.75, 3.05) is 5.32 Å². The highest BCUT2D eigenvalue weighted by Gasteiger charge is 2.16. The van der Waals surface area contributed by atoms with Crippen LogP contribution in [0.5, 0.6) is 0 Å². The highest BCUT2D eigenvalue weighted by molar-refractivity contribution is 7.13. The van der Waals surface area contributed by atoms with Gasteiger partial charge in [-0.1, -0.05) is 46.9 Å². The summed E-state index contributed by atoms with van der Waals surface area (Å²) in [4.78, 5) is 13.5. The first-order valence-electron chi connectivity index (χ1n) is 8.07. The molecule has 0 bridgehead atoms. The van der Waals surface area contributed by atoms with Crippen LogP contribution in [0.1, 0.15) is 16.1 Å². The van der Waals surface area contributed by atoms with Crippen molar-refractivity contribution >= 4 is 57.9 Å². The Balaban J connectivity index is 1.48. The molecule has 1 amide bonds. The Kier molecular flexibility index (Phi) is 5.41. The number of benzene rings is 1.